The number of fused-ring (bicyclic) bond motifs is 1. The van der Waals surface area contributed by atoms with E-state index in [1.165, 1.54) is 6.07 Å². The zero-order chi connectivity index (χ0) is 21.1. The van der Waals surface area contributed by atoms with Gasteiger partial charge in [0.2, 0.25) is 11.9 Å². The molecule has 2 aromatic carbocycles. The first-order valence-electron chi connectivity index (χ1n) is 9.23. The van der Waals surface area contributed by atoms with Gasteiger partial charge in [-0.15, -0.1) is 0 Å². The normalized spacial score (nSPS) is 11.1. The molecule has 3 aromatic rings. The minimum Gasteiger partial charge on any atom is -0.344 e. The zero-order valence-corrected chi connectivity index (χ0v) is 16.4. The van der Waals surface area contributed by atoms with E-state index in [2.05, 4.69) is 10.4 Å². The van der Waals surface area contributed by atoms with E-state index >= 15 is 0 Å². The molecule has 8 heteroatoms. The van der Waals surface area contributed by atoms with Crippen LogP contribution >= 0.6 is 0 Å². The van der Waals surface area contributed by atoms with Crippen LogP contribution in [0.25, 0.3) is 10.9 Å². The van der Waals surface area contributed by atoms with Gasteiger partial charge in [0.05, 0.1) is 17.3 Å². The molecule has 0 aliphatic heterocycles. The fourth-order valence-corrected chi connectivity index (χ4v) is 3.11. The zero-order valence-electron chi connectivity index (χ0n) is 16.4. The molecule has 0 aliphatic carbocycles. The Morgan fingerprint density at radius 3 is 2.59 bits per heavy atom. The van der Waals surface area contributed by atoms with Crippen molar-refractivity contribution in [3.63, 3.8) is 0 Å². The Bertz CT molecular complexity index is 1110. The molecule has 0 fully saturated rings. The molecule has 1 heterocycles. The highest BCUT2D eigenvalue weighted by Crippen LogP contribution is 2.15. The second-order valence-corrected chi connectivity index (χ2v) is 7.30. The first-order chi connectivity index (χ1) is 13.8. The second-order valence-electron chi connectivity index (χ2n) is 7.30. The van der Waals surface area contributed by atoms with Gasteiger partial charge in [0.1, 0.15) is 0 Å². The number of nitrogens with zero attached hydrogens (tertiary/aromatic N) is 3. The first kappa shape index (κ1) is 20.4. The fraction of sp³-hybridized carbons (Fsp3) is 0.286. The van der Waals surface area contributed by atoms with Crippen LogP contribution in [0, 0.1) is 17.6 Å². The number of amides is 1. The topological polar surface area (TPSA) is 67.2 Å². The van der Waals surface area contributed by atoms with Crippen molar-refractivity contribution in [3.8, 4) is 0 Å². The van der Waals surface area contributed by atoms with E-state index in [9.17, 15) is 18.4 Å². The SMILES string of the molecule is CC(C)CN(C)c1nc2ccccc2c(=O)n1NC(=O)Cc1ccc(F)c(F)c1. The molecular formula is C21H22F2N4O2. The third kappa shape index (κ3) is 4.59. The monoisotopic (exact) mass is 400 g/mol. The van der Waals surface area contributed by atoms with Crippen molar-refractivity contribution < 1.29 is 13.6 Å². The quantitative estimate of drug-likeness (QED) is 0.691. The molecule has 0 atom stereocenters. The summed E-state index contributed by atoms with van der Waals surface area (Å²) in [5.74, 6) is -1.97. The molecule has 3 rings (SSSR count). The molecule has 0 saturated carbocycles. The summed E-state index contributed by atoms with van der Waals surface area (Å²) in [5.41, 5.74) is 2.95. The second kappa shape index (κ2) is 8.38. The Labute approximate surface area is 166 Å². The van der Waals surface area contributed by atoms with Crippen LogP contribution < -0.4 is 15.9 Å². The van der Waals surface area contributed by atoms with Crippen LogP contribution in [0.1, 0.15) is 19.4 Å². The van der Waals surface area contributed by atoms with Crippen molar-refractivity contribution >= 4 is 22.8 Å². The maximum absolute atomic E-state index is 13.4. The first-order valence-corrected chi connectivity index (χ1v) is 9.23. The summed E-state index contributed by atoms with van der Waals surface area (Å²) in [4.78, 5) is 31.9. The van der Waals surface area contributed by atoms with Crippen molar-refractivity contribution in [3.05, 3.63) is 70.0 Å². The fourth-order valence-electron chi connectivity index (χ4n) is 3.11. The average molecular weight is 400 g/mol. The Kier molecular flexibility index (Phi) is 5.91. The van der Waals surface area contributed by atoms with Crippen molar-refractivity contribution in [2.75, 3.05) is 23.9 Å². The number of carbonyl (C=O) groups is 1. The van der Waals surface area contributed by atoms with Crippen molar-refractivity contribution in [1.29, 1.82) is 0 Å². The molecule has 0 saturated heterocycles. The van der Waals surface area contributed by atoms with E-state index in [1.54, 1.807) is 36.2 Å². The van der Waals surface area contributed by atoms with Gasteiger partial charge in [-0.1, -0.05) is 32.0 Å². The summed E-state index contributed by atoms with van der Waals surface area (Å²) in [5, 5.41) is 0.363. The van der Waals surface area contributed by atoms with Gasteiger partial charge in [0, 0.05) is 13.6 Å². The van der Waals surface area contributed by atoms with Crippen molar-refractivity contribution in [1.82, 2.24) is 9.66 Å². The van der Waals surface area contributed by atoms with Gasteiger partial charge in [-0.2, -0.15) is 4.68 Å². The molecule has 0 spiro atoms. The predicted octanol–water partition coefficient (Wildman–Crippen LogP) is 3.08. The van der Waals surface area contributed by atoms with Crippen LogP contribution in [-0.2, 0) is 11.2 Å². The van der Waals surface area contributed by atoms with E-state index in [0.29, 0.717) is 34.9 Å². The van der Waals surface area contributed by atoms with Crippen LogP contribution in [0.15, 0.2) is 47.3 Å². The summed E-state index contributed by atoms with van der Waals surface area (Å²) in [7, 11) is 1.79. The van der Waals surface area contributed by atoms with Crippen LogP contribution in [-0.4, -0.2) is 29.2 Å². The molecule has 0 bridgehead atoms. The lowest BCUT2D eigenvalue weighted by molar-refractivity contribution is -0.116. The molecule has 0 aliphatic rings. The third-order valence-corrected chi connectivity index (χ3v) is 4.32. The van der Waals surface area contributed by atoms with Gasteiger partial charge in [-0.25, -0.2) is 13.8 Å². The molecule has 0 radical (unpaired) electrons. The number of hydrogen-bond acceptors (Lipinski definition) is 4. The minimum absolute atomic E-state index is 0.218. The van der Waals surface area contributed by atoms with Gasteiger partial charge < -0.3 is 4.90 Å². The van der Waals surface area contributed by atoms with Gasteiger partial charge in [0.15, 0.2) is 11.6 Å². The summed E-state index contributed by atoms with van der Waals surface area (Å²) in [6.45, 7) is 4.67. The van der Waals surface area contributed by atoms with Crippen LogP contribution in [0.2, 0.25) is 0 Å². The molecule has 1 N–H and O–H groups in total. The predicted molar refractivity (Wildman–Crippen MR) is 109 cm³/mol. The lowest BCUT2D eigenvalue weighted by atomic mass is 10.1. The number of anilines is 1. The number of rotatable bonds is 6. The number of para-hydroxylation sites is 1. The number of carbonyl (C=O) groups excluding carboxylic acids is 1. The van der Waals surface area contributed by atoms with E-state index in [1.807, 2.05) is 13.8 Å². The van der Waals surface area contributed by atoms with Crippen molar-refractivity contribution in [2.45, 2.75) is 20.3 Å². The Balaban J connectivity index is 1.97. The van der Waals surface area contributed by atoms with Crippen LogP contribution in [0.3, 0.4) is 0 Å². The van der Waals surface area contributed by atoms with Crippen LogP contribution in [0.4, 0.5) is 14.7 Å². The van der Waals surface area contributed by atoms with Gasteiger partial charge in [-0.3, -0.25) is 15.0 Å². The maximum Gasteiger partial charge on any atom is 0.281 e. The third-order valence-electron chi connectivity index (χ3n) is 4.32. The highest BCUT2D eigenvalue weighted by molar-refractivity contribution is 5.87. The molecule has 152 valence electrons. The highest BCUT2D eigenvalue weighted by atomic mass is 19.2. The van der Waals surface area contributed by atoms with E-state index in [-0.39, 0.29) is 6.42 Å². The standard InChI is InChI=1S/C21H22F2N4O2/c1-13(2)12-26(3)21-24-18-7-5-4-6-15(18)20(29)27(21)25-19(28)11-14-8-9-16(22)17(23)10-14/h4-10,13H,11-12H2,1-3H3,(H,25,28). The van der Waals surface area contributed by atoms with Gasteiger partial charge in [-0.05, 0) is 35.7 Å². The molecule has 1 aromatic heterocycles. The Hall–Kier alpha value is -3.29. The smallest absolute Gasteiger partial charge is 0.281 e. The van der Waals surface area contributed by atoms with E-state index in [0.717, 1.165) is 16.8 Å². The minimum atomic E-state index is -1.03. The number of hydrogen-bond donors (Lipinski definition) is 1. The lowest BCUT2D eigenvalue weighted by Gasteiger charge is -2.24. The Morgan fingerprint density at radius 2 is 1.90 bits per heavy atom. The summed E-state index contributed by atoms with van der Waals surface area (Å²) >= 11 is 0. The van der Waals surface area contributed by atoms with Gasteiger partial charge >= 0.3 is 0 Å². The number of benzene rings is 2. The number of aromatic nitrogens is 2. The largest absolute Gasteiger partial charge is 0.344 e. The molecule has 1 amide bonds. The molecule has 0 unspecified atom stereocenters. The average Bonchev–Trinajstić information content (AvgIpc) is 2.66. The number of nitrogens with one attached hydrogen (secondary N) is 1. The van der Waals surface area contributed by atoms with Crippen molar-refractivity contribution in [2.24, 2.45) is 5.92 Å². The van der Waals surface area contributed by atoms with Gasteiger partial charge in [0.25, 0.3) is 5.56 Å². The summed E-state index contributed by atoms with van der Waals surface area (Å²) < 4.78 is 27.6. The molecule has 6 nitrogen and oxygen atoms in total. The highest BCUT2D eigenvalue weighted by Gasteiger charge is 2.17. The summed E-state index contributed by atoms with van der Waals surface area (Å²) in [6, 6.07) is 10.1. The lowest BCUT2D eigenvalue weighted by Crippen LogP contribution is -2.39. The van der Waals surface area contributed by atoms with Crippen LogP contribution in [0.5, 0.6) is 0 Å². The number of halogens is 2. The maximum atomic E-state index is 13.4. The van der Waals surface area contributed by atoms with E-state index < -0.39 is 23.1 Å². The van der Waals surface area contributed by atoms with E-state index in [4.69, 9.17) is 0 Å². The molecule has 29 heavy (non-hydrogen) atoms. The molecular weight excluding hydrogens is 378 g/mol. The Morgan fingerprint density at radius 1 is 1.17 bits per heavy atom. The summed E-state index contributed by atoms with van der Waals surface area (Å²) in [6.07, 6.45) is -0.218.